The Bertz CT molecular complexity index is 622. The molecular formula is C13H11N3O. The number of aromatic nitrogens is 2. The Labute approximate surface area is 99.1 Å². The van der Waals surface area contributed by atoms with Gasteiger partial charge in [-0.3, -0.25) is 4.68 Å². The highest BCUT2D eigenvalue weighted by Crippen LogP contribution is 2.33. The Balaban J connectivity index is 2.32. The molecule has 2 heterocycles. The second kappa shape index (κ2) is 3.72. The normalized spacial score (nSPS) is 13.4. The number of nitrogens with zero attached hydrogens (tertiary/aromatic N) is 3. The molecule has 0 amide bonds. The summed E-state index contributed by atoms with van der Waals surface area (Å²) in [6.07, 6.45) is 1.74. The molecule has 0 radical (unpaired) electrons. The molecule has 2 aromatic rings. The Hall–Kier alpha value is -2.12. The average Bonchev–Trinajstić information content (AvgIpc) is 2.96. The topological polar surface area (TPSA) is 50.8 Å². The van der Waals surface area contributed by atoms with Crippen LogP contribution in [-0.2, 0) is 25.0 Å². The van der Waals surface area contributed by atoms with Gasteiger partial charge in [-0.05, 0) is 23.3 Å². The van der Waals surface area contributed by atoms with E-state index in [1.807, 2.05) is 25.2 Å². The summed E-state index contributed by atoms with van der Waals surface area (Å²) in [5.41, 5.74) is 4.89. The van der Waals surface area contributed by atoms with Gasteiger partial charge in [0.15, 0.2) is 0 Å². The standard InChI is InChI=1S/C13H11N3O/c1-16-12(4-5-15-16)13-9(6-14)2-3-10-7-17-8-11(10)13/h2-5H,7-8H2,1H3. The quantitative estimate of drug-likeness (QED) is 0.745. The summed E-state index contributed by atoms with van der Waals surface area (Å²) < 4.78 is 7.24. The molecule has 0 spiro atoms. The van der Waals surface area contributed by atoms with Crippen LogP contribution < -0.4 is 0 Å². The first-order chi connectivity index (χ1) is 8.31. The number of benzene rings is 1. The minimum absolute atomic E-state index is 0.575. The first-order valence-corrected chi connectivity index (χ1v) is 5.42. The van der Waals surface area contributed by atoms with Crippen molar-refractivity contribution in [3.05, 3.63) is 41.1 Å². The Kier molecular flexibility index (Phi) is 2.20. The third-order valence-electron chi connectivity index (χ3n) is 3.11. The monoisotopic (exact) mass is 225 g/mol. The van der Waals surface area contributed by atoms with Crippen molar-refractivity contribution in [1.29, 1.82) is 5.26 Å². The van der Waals surface area contributed by atoms with Crippen LogP contribution >= 0.6 is 0 Å². The number of rotatable bonds is 1. The molecule has 0 aliphatic carbocycles. The molecule has 0 atom stereocenters. The van der Waals surface area contributed by atoms with Gasteiger partial charge in [0.05, 0.1) is 30.5 Å². The van der Waals surface area contributed by atoms with Crippen molar-refractivity contribution in [3.8, 4) is 17.3 Å². The molecule has 84 valence electrons. The Morgan fingerprint density at radius 1 is 1.35 bits per heavy atom. The van der Waals surface area contributed by atoms with Gasteiger partial charge in [0.2, 0.25) is 0 Å². The fraction of sp³-hybridized carbons (Fsp3) is 0.231. The molecule has 1 aromatic carbocycles. The number of ether oxygens (including phenoxy) is 1. The van der Waals surface area contributed by atoms with Crippen molar-refractivity contribution in [3.63, 3.8) is 0 Å². The van der Waals surface area contributed by atoms with Crippen LogP contribution in [0.2, 0.25) is 0 Å². The van der Waals surface area contributed by atoms with Crippen LogP contribution in [0.5, 0.6) is 0 Å². The smallest absolute Gasteiger partial charge is 0.0998 e. The van der Waals surface area contributed by atoms with Gasteiger partial charge in [-0.1, -0.05) is 6.07 Å². The van der Waals surface area contributed by atoms with E-state index in [-0.39, 0.29) is 0 Å². The van der Waals surface area contributed by atoms with Crippen molar-refractivity contribution >= 4 is 0 Å². The summed E-state index contributed by atoms with van der Waals surface area (Å²) in [6, 6.07) is 8.00. The first kappa shape index (κ1) is 10.1. The fourth-order valence-electron chi connectivity index (χ4n) is 2.26. The zero-order valence-electron chi connectivity index (χ0n) is 9.47. The van der Waals surface area contributed by atoms with E-state index in [0.717, 1.165) is 16.8 Å². The molecule has 0 saturated carbocycles. The number of nitriles is 1. The summed E-state index contributed by atoms with van der Waals surface area (Å²) >= 11 is 0. The third-order valence-corrected chi connectivity index (χ3v) is 3.11. The van der Waals surface area contributed by atoms with Crippen LogP contribution in [0.25, 0.3) is 11.3 Å². The molecular weight excluding hydrogens is 214 g/mol. The highest BCUT2D eigenvalue weighted by atomic mass is 16.5. The predicted molar refractivity (Wildman–Crippen MR) is 61.9 cm³/mol. The maximum absolute atomic E-state index is 9.22. The van der Waals surface area contributed by atoms with Crippen LogP contribution in [0.3, 0.4) is 0 Å². The van der Waals surface area contributed by atoms with E-state index in [9.17, 15) is 5.26 Å². The van der Waals surface area contributed by atoms with Crippen LogP contribution in [0.15, 0.2) is 24.4 Å². The average molecular weight is 225 g/mol. The van der Waals surface area contributed by atoms with Crippen molar-refractivity contribution in [2.24, 2.45) is 7.05 Å². The summed E-state index contributed by atoms with van der Waals surface area (Å²) in [5, 5.41) is 13.4. The Morgan fingerprint density at radius 2 is 2.24 bits per heavy atom. The van der Waals surface area contributed by atoms with Crippen LogP contribution in [0.1, 0.15) is 16.7 Å². The summed E-state index contributed by atoms with van der Waals surface area (Å²) in [6.45, 7) is 1.21. The molecule has 0 N–H and O–H groups in total. The van der Waals surface area contributed by atoms with Gasteiger partial charge in [0.1, 0.15) is 0 Å². The second-order valence-electron chi connectivity index (χ2n) is 4.07. The van der Waals surface area contributed by atoms with Gasteiger partial charge in [0, 0.05) is 18.8 Å². The minimum atomic E-state index is 0.575. The molecule has 0 fully saturated rings. The molecule has 17 heavy (non-hydrogen) atoms. The van der Waals surface area contributed by atoms with Gasteiger partial charge in [-0.2, -0.15) is 10.4 Å². The lowest BCUT2D eigenvalue weighted by molar-refractivity contribution is 0.134. The lowest BCUT2D eigenvalue weighted by Gasteiger charge is -2.09. The molecule has 0 saturated heterocycles. The number of hydrogen-bond donors (Lipinski definition) is 0. The molecule has 1 aromatic heterocycles. The van der Waals surface area contributed by atoms with E-state index in [1.54, 1.807) is 10.9 Å². The lowest BCUT2D eigenvalue weighted by Crippen LogP contribution is -1.99. The van der Waals surface area contributed by atoms with Crippen molar-refractivity contribution < 1.29 is 4.74 Å². The van der Waals surface area contributed by atoms with Gasteiger partial charge < -0.3 is 4.74 Å². The lowest BCUT2D eigenvalue weighted by atomic mass is 9.96. The van der Waals surface area contributed by atoms with E-state index >= 15 is 0 Å². The van der Waals surface area contributed by atoms with Gasteiger partial charge in [-0.25, -0.2) is 0 Å². The summed E-state index contributed by atoms with van der Waals surface area (Å²) in [4.78, 5) is 0. The van der Waals surface area contributed by atoms with Gasteiger partial charge in [0.25, 0.3) is 0 Å². The predicted octanol–water partition coefficient (Wildman–Crippen LogP) is 1.99. The van der Waals surface area contributed by atoms with Crippen molar-refractivity contribution in [1.82, 2.24) is 9.78 Å². The van der Waals surface area contributed by atoms with Crippen LogP contribution in [0.4, 0.5) is 0 Å². The Morgan fingerprint density at radius 3 is 2.94 bits per heavy atom. The van der Waals surface area contributed by atoms with Gasteiger partial charge >= 0.3 is 0 Å². The maximum atomic E-state index is 9.22. The van der Waals surface area contributed by atoms with E-state index in [2.05, 4.69) is 11.2 Å². The van der Waals surface area contributed by atoms with E-state index in [4.69, 9.17) is 4.74 Å². The maximum Gasteiger partial charge on any atom is 0.0998 e. The summed E-state index contributed by atoms with van der Waals surface area (Å²) in [7, 11) is 1.88. The van der Waals surface area contributed by atoms with Crippen LogP contribution in [-0.4, -0.2) is 9.78 Å². The zero-order valence-corrected chi connectivity index (χ0v) is 9.47. The molecule has 0 bridgehead atoms. The SMILES string of the molecule is Cn1nccc1-c1c(C#N)ccc2c1COC2. The minimum Gasteiger partial charge on any atom is -0.372 e. The van der Waals surface area contributed by atoms with E-state index in [1.165, 1.54) is 5.56 Å². The fourth-order valence-corrected chi connectivity index (χ4v) is 2.26. The number of aryl methyl sites for hydroxylation is 1. The van der Waals surface area contributed by atoms with Gasteiger partial charge in [-0.15, -0.1) is 0 Å². The number of hydrogen-bond acceptors (Lipinski definition) is 3. The molecule has 1 aliphatic heterocycles. The highest BCUT2D eigenvalue weighted by molar-refractivity contribution is 5.73. The van der Waals surface area contributed by atoms with Crippen molar-refractivity contribution in [2.45, 2.75) is 13.2 Å². The summed E-state index contributed by atoms with van der Waals surface area (Å²) in [5.74, 6) is 0. The largest absolute Gasteiger partial charge is 0.372 e. The van der Waals surface area contributed by atoms with E-state index in [0.29, 0.717) is 18.8 Å². The molecule has 3 rings (SSSR count). The zero-order chi connectivity index (χ0) is 11.8. The molecule has 4 heteroatoms. The third kappa shape index (κ3) is 1.44. The number of fused-ring (bicyclic) bond motifs is 1. The van der Waals surface area contributed by atoms with Crippen molar-refractivity contribution in [2.75, 3.05) is 0 Å². The highest BCUT2D eigenvalue weighted by Gasteiger charge is 2.21. The second-order valence-corrected chi connectivity index (χ2v) is 4.07. The molecule has 1 aliphatic rings. The first-order valence-electron chi connectivity index (χ1n) is 5.42. The molecule has 0 unspecified atom stereocenters. The molecule has 4 nitrogen and oxygen atoms in total. The van der Waals surface area contributed by atoms with Crippen LogP contribution in [0, 0.1) is 11.3 Å². The van der Waals surface area contributed by atoms with E-state index < -0.39 is 0 Å².